The number of rotatable bonds is 0. The number of hydrogen-bond acceptors (Lipinski definition) is 1. The van der Waals surface area contributed by atoms with E-state index in [4.69, 9.17) is 0 Å². The summed E-state index contributed by atoms with van der Waals surface area (Å²) in [5.41, 5.74) is 0. The molecule has 0 aromatic heterocycles. The van der Waals surface area contributed by atoms with Crippen molar-refractivity contribution in [3.8, 4) is 0 Å². The molecule has 0 saturated carbocycles. The van der Waals surface area contributed by atoms with Crippen LogP contribution in [-0.4, -0.2) is 0 Å². The van der Waals surface area contributed by atoms with Crippen molar-refractivity contribution in [2.75, 3.05) is 0 Å². The van der Waals surface area contributed by atoms with Gasteiger partial charge in [0.2, 0.25) is 0 Å². The molecule has 0 rings (SSSR count). The second-order valence-corrected chi connectivity index (χ2v) is 0.707. The third-order valence-electron chi connectivity index (χ3n) is 0. The first-order valence-electron chi connectivity index (χ1n) is 2.12. The molecule has 0 saturated heterocycles. The molecule has 0 aliphatic rings. The molecule has 0 aromatic rings. The van der Waals surface area contributed by atoms with Crippen LogP contribution in [-0.2, 0) is 0 Å². The Morgan fingerprint density at radius 2 is 1.14 bits per heavy atom. The Labute approximate surface area is 71.2 Å². The zero-order valence-electron chi connectivity index (χ0n) is 5.62. The van der Waals surface area contributed by atoms with E-state index in [1.54, 1.807) is 6.92 Å². The van der Waals surface area contributed by atoms with Gasteiger partial charge in [-0.15, -0.1) is 0 Å². The Hall–Kier alpha value is 1.01. The second kappa shape index (κ2) is 62.6. The van der Waals surface area contributed by atoms with Gasteiger partial charge in [-0.05, 0) is 0 Å². The summed E-state index contributed by atoms with van der Waals surface area (Å²) >= 11 is 0. The van der Waals surface area contributed by atoms with E-state index in [0.29, 0.717) is 0 Å². The van der Waals surface area contributed by atoms with E-state index >= 15 is 0 Å². The van der Waals surface area contributed by atoms with Gasteiger partial charge < -0.3 is 13.1 Å². The molecule has 0 aliphatic carbocycles. The standard InChI is InChI=1S/C3H8.C2H5.H3N.U/c1-3-2;1-2;;/h3H2,1-2H3;1H2,2H3;1H3;/q;-1;;. The minimum atomic E-state index is 0. The van der Waals surface area contributed by atoms with Crippen molar-refractivity contribution in [3.63, 3.8) is 0 Å². The van der Waals surface area contributed by atoms with Crippen LogP contribution in [0.15, 0.2) is 0 Å². The molecule has 0 amide bonds. The summed E-state index contributed by atoms with van der Waals surface area (Å²) in [6.07, 6.45) is 1.25. The van der Waals surface area contributed by atoms with Crippen molar-refractivity contribution in [2.45, 2.75) is 27.2 Å². The summed E-state index contributed by atoms with van der Waals surface area (Å²) in [4.78, 5) is 0. The average molecular weight is 328 g/mol. The van der Waals surface area contributed by atoms with Gasteiger partial charge in [0, 0.05) is 31.1 Å². The molecule has 0 aliphatic heterocycles. The molecule has 0 aromatic carbocycles. The molecule has 0 fully saturated rings. The van der Waals surface area contributed by atoms with Gasteiger partial charge in [-0.3, -0.25) is 0 Å². The monoisotopic (exact) mass is 328 g/mol. The van der Waals surface area contributed by atoms with E-state index in [2.05, 4.69) is 20.8 Å². The van der Waals surface area contributed by atoms with Gasteiger partial charge in [0.05, 0.1) is 0 Å². The Kier molecular flexibility index (Phi) is 219. The molecular weight excluding hydrogens is 312 g/mol. The molecule has 0 atom stereocenters. The molecule has 3 N–H and O–H groups in total. The first-order chi connectivity index (χ1) is 2.41. The topological polar surface area (TPSA) is 35.0 Å². The van der Waals surface area contributed by atoms with E-state index in [0.717, 1.165) is 0 Å². The zero-order valence-corrected chi connectivity index (χ0v) is 9.79. The van der Waals surface area contributed by atoms with E-state index < -0.39 is 0 Å². The molecule has 46 valence electrons. The van der Waals surface area contributed by atoms with E-state index in [9.17, 15) is 0 Å². The quantitative estimate of drug-likeness (QED) is 0.681. The van der Waals surface area contributed by atoms with Gasteiger partial charge in [-0.2, -0.15) is 6.92 Å². The number of hydrogen-bond donors (Lipinski definition) is 1. The van der Waals surface area contributed by atoms with Crippen LogP contribution >= 0.6 is 0 Å². The SMILES string of the molecule is CCC.N.[CH2-]C.[U]. The largest absolute Gasteiger partial charge is 0.346 e. The molecule has 0 radical (unpaired) electrons. The van der Waals surface area contributed by atoms with Crippen molar-refractivity contribution < 1.29 is 31.1 Å². The molecule has 2 heteroatoms. The van der Waals surface area contributed by atoms with Crippen molar-refractivity contribution >= 4 is 0 Å². The van der Waals surface area contributed by atoms with E-state index in [1.807, 2.05) is 0 Å². The maximum Gasteiger partial charge on any atom is 0 e. The third kappa shape index (κ3) is 172. The molecule has 0 unspecified atom stereocenters. The summed E-state index contributed by atoms with van der Waals surface area (Å²) in [6, 6.07) is 0. The molecule has 1 nitrogen and oxygen atoms in total. The maximum atomic E-state index is 3.25. The Balaban J connectivity index is -0.0000000105. The molecule has 7 heavy (non-hydrogen) atoms. The minimum absolute atomic E-state index is 0. The maximum absolute atomic E-state index is 3.25. The summed E-state index contributed by atoms with van der Waals surface area (Å²) in [5, 5.41) is 0. The fourth-order valence-corrected chi connectivity index (χ4v) is 0. The summed E-state index contributed by atoms with van der Waals surface area (Å²) in [5.74, 6) is 0. The zero-order chi connectivity index (χ0) is 4.71. The smallest absolute Gasteiger partial charge is 0 e. The first-order valence-corrected chi connectivity index (χ1v) is 2.12. The van der Waals surface area contributed by atoms with Crippen LogP contribution in [0.5, 0.6) is 0 Å². The van der Waals surface area contributed by atoms with Crippen LogP contribution in [0.2, 0.25) is 0 Å². The predicted octanol–water partition coefficient (Wildman–Crippen LogP) is 2.42. The van der Waals surface area contributed by atoms with Crippen LogP contribution in [0.3, 0.4) is 0 Å². The minimum Gasteiger partial charge on any atom is -0.346 e. The Morgan fingerprint density at radius 1 is 1.14 bits per heavy atom. The molecule has 0 bridgehead atoms. The molecule has 0 heterocycles. The predicted molar refractivity (Wildman–Crippen MR) is 32.0 cm³/mol. The Morgan fingerprint density at radius 3 is 1.14 bits per heavy atom. The normalized spacial score (nSPS) is 3.43. The van der Waals surface area contributed by atoms with E-state index in [1.165, 1.54) is 6.42 Å². The Bertz CT molecular complexity index is 8.04. The summed E-state index contributed by atoms with van der Waals surface area (Å²) in [7, 11) is 0. The van der Waals surface area contributed by atoms with Crippen LogP contribution in [0.1, 0.15) is 27.2 Å². The average Bonchev–Trinajstić information content (AvgIpc) is 1.46. The van der Waals surface area contributed by atoms with E-state index in [-0.39, 0.29) is 37.3 Å². The van der Waals surface area contributed by atoms with Gasteiger partial charge in [-0.25, -0.2) is 0 Å². The first kappa shape index (κ1) is 24.5. The summed E-state index contributed by atoms with van der Waals surface area (Å²) < 4.78 is 0. The second-order valence-electron chi connectivity index (χ2n) is 0.707. The van der Waals surface area contributed by atoms with Gasteiger partial charge >= 0.3 is 0 Å². The van der Waals surface area contributed by atoms with Crippen molar-refractivity contribution in [1.82, 2.24) is 6.15 Å². The molecular formula is C5H16NU-. The summed E-state index contributed by atoms with van der Waals surface area (Å²) in [6.45, 7) is 9.25. The van der Waals surface area contributed by atoms with Crippen LogP contribution in [0, 0.1) is 38.0 Å². The van der Waals surface area contributed by atoms with Crippen LogP contribution < -0.4 is 6.15 Å². The van der Waals surface area contributed by atoms with Gasteiger partial charge in [0.1, 0.15) is 0 Å². The van der Waals surface area contributed by atoms with Gasteiger partial charge in [-0.1, -0.05) is 20.3 Å². The fourth-order valence-electron chi connectivity index (χ4n) is 0. The third-order valence-corrected chi connectivity index (χ3v) is 0. The van der Waals surface area contributed by atoms with Crippen molar-refractivity contribution in [2.24, 2.45) is 0 Å². The van der Waals surface area contributed by atoms with Crippen molar-refractivity contribution in [1.29, 1.82) is 0 Å². The van der Waals surface area contributed by atoms with Crippen molar-refractivity contribution in [3.05, 3.63) is 6.92 Å². The van der Waals surface area contributed by atoms with Crippen LogP contribution in [0.4, 0.5) is 0 Å². The van der Waals surface area contributed by atoms with Gasteiger partial charge in [0.15, 0.2) is 0 Å². The molecule has 0 spiro atoms. The van der Waals surface area contributed by atoms with Crippen LogP contribution in [0.25, 0.3) is 0 Å². The van der Waals surface area contributed by atoms with Gasteiger partial charge in [0.25, 0.3) is 0 Å². The fraction of sp³-hybridized carbons (Fsp3) is 0.800.